The van der Waals surface area contributed by atoms with Gasteiger partial charge in [-0.2, -0.15) is 4.40 Å². The second-order valence-corrected chi connectivity index (χ2v) is 6.73. The standard InChI is InChI=1S/C13H19NO2S/c1-10-7-6-8-11(12(10)16-5)9-14-17(15)13(2,3)4/h6-9H,1-5H3/t17-/m0/s1. The van der Waals surface area contributed by atoms with Crippen LogP contribution >= 0.6 is 0 Å². The van der Waals surface area contributed by atoms with Gasteiger partial charge in [0.2, 0.25) is 0 Å². The first-order valence-electron chi connectivity index (χ1n) is 5.46. The predicted molar refractivity (Wildman–Crippen MR) is 73.2 cm³/mol. The molecule has 0 bridgehead atoms. The smallest absolute Gasteiger partial charge is 0.144 e. The van der Waals surface area contributed by atoms with Gasteiger partial charge >= 0.3 is 0 Å². The molecule has 0 N–H and O–H groups in total. The van der Waals surface area contributed by atoms with Crippen LogP contribution in [0.1, 0.15) is 31.9 Å². The van der Waals surface area contributed by atoms with E-state index in [0.29, 0.717) is 0 Å². The molecule has 4 heteroatoms. The van der Waals surface area contributed by atoms with Gasteiger partial charge in [0.1, 0.15) is 16.7 Å². The van der Waals surface area contributed by atoms with E-state index in [1.54, 1.807) is 13.3 Å². The van der Waals surface area contributed by atoms with Crippen molar-refractivity contribution >= 4 is 17.2 Å². The van der Waals surface area contributed by atoms with Gasteiger partial charge in [0, 0.05) is 11.8 Å². The van der Waals surface area contributed by atoms with Gasteiger partial charge in [-0.15, -0.1) is 0 Å². The lowest BCUT2D eigenvalue weighted by Crippen LogP contribution is -2.19. The molecule has 0 heterocycles. The topological polar surface area (TPSA) is 38.7 Å². The van der Waals surface area contributed by atoms with Crippen LogP contribution in [0.15, 0.2) is 22.6 Å². The maximum atomic E-state index is 11.8. The first kappa shape index (κ1) is 13.9. The van der Waals surface area contributed by atoms with Crippen LogP contribution in [0.2, 0.25) is 0 Å². The quantitative estimate of drug-likeness (QED) is 0.777. The molecule has 0 aromatic heterocycles. The van der Waals surface area contributed by atoms with Crippen molar-refractivity contribution in [1.82, 2.24) is 0 Å². The Morgan fingerprint density at radius 3 is 2.53 bits per heavy atom. The molecule has 3 nitrogen and oxygen atoms in total. The van der Waals surface area contributed by atoms with Crippen LogP contribution in [-0.2, 0) is 11.0 Å². The largest absolute Gasteiger partial charge is 0.496 e. The van der Waals surface area contributed by atoms with Crippen molar-refractivity contribution in [2.24, 2.45) is 4.40 Å². The Hall–Kier alpha value is -1.16. The minimum Gasteiger partial charge on any atom is -0.496 e. The molecule has 0 aliphatic rings. The number of para-hydroxylation sites is 1. The zero-order chi connectivity index (χ0) is 13.1. The number of ether oxygens (including phenoxy) is 1. The molecule has 1 atom stereocenters. The highest BCUT2D eigenvalue weighted by Crippen LogP contribution is 2.21. The van der Waals surface area contributed by atoms with Gasteiger partial charge in [0.05, 0.1) is 11.9 Å². The molecule has 0 fully saturated rings. The zero-order valence-electron chi connectivity index (χ0n) is 11.0. The van der Waals surface area contributed by atoms with Crippen molar-refractivity contribution in [2.75, 3.05) is 7.11 Å². The lowest BCUT2D eigenvalue weighted by atomic mass is 10.1. The molecule has 0 aliphatic heterocycles. The Balaban J connectivity index is 3.00. The van der Waals surface area contributed by atoms with Gasteiger partial charge in [0.15, 0.2) is 0 Å². The van der Waals surface area contributed by atoms with Crippen LogP contribution in [-0.4, -0.2) is 22.3 Å². The van der Waals surface area contributed by atoms with Crippen LogP contribution in [0.4, 0.5) is 0 Å². The number of hydrogen-bond acceptors (Lipinski definition) is 2. The lowest BCUT2D eigenvalue weighted by Gasteiger charge is -2.13. The molecule has 0 saturated carbocycles. The zero-order valence-corrected chi connectivity index (χ0v) is 11.8. The number of aryl methyl sites for hydroxylation is 1. The highest BCUT2D eigenvalue weighted by molar-refractivity contribution is 7.85. The fraction of sp³-hybridized carbons (Fsp3) is 0.462. The molecule has 0 unspecified atom stereocenters. The second kappa shape index (κ2) is 5.45. The third-order valence-corrected chi connectivity index (χ3v) is 3.60. The number of rotatable bonds is 3. The summed E-state index contributed by atoms with van der Waals surface area (Å²) in [5.74, 6) is 0.780. The Morgan fingerprint density at radius 1 is 1.35 bits per heavy atom. The highest BCUT2D eigenvalue weighted by Gasteiger charge is 2.18. The fourth-order valence-corrected chi connectivity index (χ4v) is 1.84. The lowest BCUT2D eigenvalue weighted by molar-refractivity contribution is 0.411. The van der Waals surface area contributed by atoms with Gasteiger partial charge in [-0.3, -0.25) is 0 Å². The molecule has 0 radical (unpaired) electrons. The van der Waals surface area contributed by atoms with E-state index < -0.39 is 11.0 Å². The molecule has 0 saturated heterocycles. The molecule has 1 aromatic rings. The average Bonchev–Trinajstić information content (AvgIpc) is 2.24. The van der Waals surface area contributed by atoms with E-state index in [0.717, 1.165) is 16.9 Å². The van der Waals surface area contributed by atoms with Crippen LogP contribution in [0.5, 0.6) is 5.75 Å². The average molecular weight is 253 g/mol. The van der Waals surface area contributed by atoms with Crippen molar-refractivity contribution in [2.45, 2.75) is 32.4 Å². The van der Waals surface area contributed by atoms with Crippen molar-refractivity contribution in [3.63, 3.8) is 0 Å². The molecule has 0 aliphatic carbocycles. The molecule has 1 aromatic carbocycles. The molecule has 0 amide bonds. The van der Waals surface area contributed by atoms with Crippen molar-refractivity contribution in [1.29, 1.82) is 0 Å². The molecule has 17 heavy (non-hydrogen) atoms. The highest BCUT2D eigenvalue weighted by atomic mass is 32.2. The third-order valence-electron chi connectivity index (χ3n) is 2.26. The van der Waals surface area contributed by atoms with E-state index >= 15 is 0 Å². The number of hydrogen-bond donors (Lipinski definition) is 0. The maximum Gasteiger partial charge on any atom is 0.144 e. The Morgan fingerprint density at radius 2 is 2.00 bits per heavy atom. The van der Waals surface area contributed by atoms with Crippen LogP contribution in [0, 0.1) is 6.92 Å². The minimum absolute atomic E-state index is 0.340. The normalized spacial score (nSPS) is 13.9. The van der Waals surface area contributed by atoms with E-state index in [-0.39, 0.29) is 4.75 Å². The van der Waals surface area contributed by atoms with Gasteiger partial charge in [0.25, 0.3) is 0 Å². The molecular weight excluding hydrogens is 234 g/mol. The maximum absolute atomic E-state index is 11.8. The van der Waals surface area contributed by atoms with Crippen molar-refractivity contribution in [3.05, 3.63) is 29.3 Å². The van der Waals surface area contributed by atoms with Crippen molar-refractivity contribution in [3.8, 4) is 5.75 Å². The van der Waals surface area contributed by atoms with Crippen LogP contribution < -0.4 is 4.74 Å². The SMILES string of the molecule is COc1c(C)cccc1C=N[S@@](=O)C(C)(C)C. The molecule has 1 rings (SSSR count). The summed E-state index contributed by atoms with van der Waals surface area (Å²) in [5, 5.41) is 0. The summed E-state index contributed by atoms with van der Waals surface area (Å²) in [6.07, 6.45) is 1.62. The number of nitrogens with zero attached hydrogens (tertiary/aromatic N) is 1. The summed E-state index contributed by atoms with van der Waals surface area (Å²) in [7, 11) is 0.385. The van der Waals surface area contributed by atoms with Gasteiger partial charge in [-0.1, -0.05) is 12.1 Å². The molecular formula is C13H19NO2S. The van der Waals surface area contributed by atoms with E-state index in [2.05, 4.69) is 4.40 Å². The summed E-state index contributed by atoms with van der Waals surface area (Å²) >= 11 is 0. The minimum atomic E-state index is -1.24. The summed E-state index contributed by atoms with van der Waals surface area (Å²) in [6, 6.07) is 5.80. The van der Waals surface area contributed by atoms with E-state index in [1.807, 2.05) is 45.9 Å². The summed E-state index contributed by atoms with van der Waals surface area (Å²) in [4.78, 5) is 0. The third kappa shape index (κ3) is 3.66. The summed E-state index contributed by atoms with van der Waals surface area (Å²) in [6.45, 7) is 7.66. The van der Waals surface area contributed by atoms with Gasteiger partial charge in [-0.25, -0.2) is 4.21 Å². The van der Waals surface area contributed by atoms with Crippen molar-refractivity contribution < 1.29 is 8.95 Å². The molecule has 0 spiro atoms. The summed E-state index contributed by atoms with van der Waals surface area (Å²) < 4.78 is 20.8. The molecule has 94 valence electrons. The predicted octanol–water partition coefficient (Wildman–Crippen LogP) is 2.88. The van der Waals surface area contributed by atoms with Crippen LogP contribution in [0.25, 0.3) is 0 Å². The van der Waals surface area contributed by atoms with Gasteiger partial charge < -0.3 is 4.74 Å². The number of benzene rings is 1. The van der Waals surface area contributed by atoms with E-state index in [9.17, 15) is 4.21 Å². The summed E-state index contributed by atoms with van der Waals surface area (Å²) in [5.41, 5.74) is 1.89. The second-order valence-electron chi connectivity index (χ2n) is 4.79. The Labute approximate surface area is 106 Å². The van der Waals surface area contributed by atoms with E-state index in [4.69, 9.17) is 4.74 Å². The Kier molecular flexibility index (Phi) is 4.46. The monoisotopic (exact) mass is 253 g/mol. The first-order chi connectivity index (χ1) is 7.86. The Bertz CT molecular complexity index is 447. The fourth-order valence-electron chi connectivity index (χ4n) is 1.32. The van der Waals surface area contributed by atoms with Gasteiger partial charge in [-0.05, 0) is 39.3 Å². The van der Waals surface area contributed by atoms with E-state index in [1.165, 1.54) is 0 Å². The number of methoxy groups -OCH3 is 1. The van der Waals surface area contributed by atoms with Crippen LogP contribution in [0.3, 0.4) is 0 Å². The first-order valence-corrected chi connectivity index (χ1v) is 6.56.